The minimum Gasteiger partial charge on any atom is -0.205 e. The average Bonchev–Trinajstić information content (AvgIpc) is 2.83. The molecule has 0 nitrogen and oxygen atoms in total. The third-order valence-electron chi connectivity index (χ3n) is 2.61. The highest BCUT2D eigenvalue weighted by Gasteiger charge is 2.27. The topological polar surface area (TPSA) is 0 Å². The third-order valence-corrected chi connectivity index (χ3v) is 3.53. The van der Waals surface area contributed by atoms with Crippen LogP contribution in [0.4, 0.5) is 4.39 Å². The zero-order valence-corrected chi connectivity index (χ0v) is 7.90. The van der Waals surface area contributed by atoms with Crippen molar-refractivity contribution >= 4 is 21.4 Å². The fourth-order valence-corrected chi connectivity index (χ4v) is 2.57. The van der Waals surface area contributed by atoms with Crippen molar-refractivity contribution in [3.8, 4) is 0 Å². The van der Waals surface area contributed by atoms with Crippen LogP contribution in [0.2, 0.25) is 0 Å². The van der Waals surface area contributed by atoms with Crippen molar-refractivity contribution in [3.05, 3.63) is 35.0 Å². The van der Waals surface area contributed by atoms with Crippen molar-refractivity contribution in [3.63, 3.8) is 0 Å². The van der Waals surface area contributed by atoms with Gasteiger partial charge in [-0.05, 0) is 41.2 Å². The molecule has 66 valence electrons. The molecule has 0 amide bonds. The van der Waals surface area contributed by atoms with E-state index in [2.05, 4.69) is 0 Å². The van der Waals surface area contributed by atoms with Crippen molar-refractivity contribution < 1.29 is 4.39 Å². The second-order valence-electron chi connectivity index (χ2n) is 3.58. The lowest BCUT2D eigenvalue weighted by atomic mass is 10.1. The highest BCUT2D eigenvalue weighted by Crippen LogP contribution is 2.43. The first-order valence-electron chi connectivity index (χ1n) is 4.52. The molecule has 1 aliphatic rings. The second-order valence-corrected chi connectivity index (χ2v) is 4.50. The Morgan fingerprint density at radius 3 is 2.85 bits per heavy atom. The Bertz CT molecular complexity index is 454. The highest BCUT2D eigenvalue weighted by atomic mass is 32.1. The standard InChI is InChI=1S/C11H9FS/c12-10-9(7-1-2-7)4-3-8-5-6-13-11(8)10/h3-7H,1-2H2. The number of benzene rings is 1. The van der Waals surface area contributed by atoms with Gasteiger partial charge in [-0.1, -0.05) is 12.1 Å². The summed E-state index contributed by atoms with van der Waals surface area (Å²) >= 11 is 1.50. The molecule has 1 fully saturated rings. The first kappa shape index (κ1) is 7.51. The fraction of sp³-hybridized carbons (Fsp3) is 0.273. The summed E-state index contributed by atoms with van der Waals surface area (Å²) < 4.78 is 14.6. The minimum absolute atomic E-state index is 0.0231. The van der Waals surface area contributed by atoms with E-state index >= 15 is 0 Å². The van der Waals surface area contributed by atoms with Gasteiger partial charge in [0.2, 0.25) is 0 Å². The third kappa shape index (κ3) is 1.09. The zero-order valence-electron chi connectivity index (χ0n) is 7.09. The quantitative estimate of drug-likeness (QED) is 0.642. The zero-order chi connectivity index (χ0) is 8.84. The molecular weight excluding hydrogens is 183 g/mol. The maximum absolute atomic E-state index is 13.8. The first-order valence-corrected chi connectivity index (χ1v) is 5.40. The van der Waals surface area contributed by atoms with Gasteiger partial charge in [0.05, 0.1) is 4.70 Å². The van der Waals surface area contributed by atoms with Crippen LogP contribution in [0.3, 0.4) is 0 Å². The molecule has 1 heterocycles. The Hall–Kier alpha value is -0.890. The van der Waals surface area contributed by atoms with E-state index in [1.165, 1.54) is 11.3 Å². The van der Waals surface area contributed by atoms with Gasteiger partial charge in [-0.25, -0.2) is 4.39 Å². The summed E-state index contributed by atoms with van der Waals surface area (Å²) in [5.41, 5.74) is 0.926. The Labute approximate surface area is 80.0 Å². The first-order chi connectivity index (χ1) is 6.36. The molecule has 0 unspecified atom stereocenters. The summed E-state index contributed by atoms with van der Waals surface area (Å²) in [7, 11) is 0. The number of hydrogen-bond donors (Lipinski definition) is 0. The molecule has 13 heavy (non-hydrogen) atoms. The Balaban J connectivity index is 2.30. The molecule has 3 rings (SSSR count). The molecule has 2 aromatic rings. The SMILES string of the molecule is Fc1c(C2CC2)ccc2ccsc12. The van der Waals surface area contributed by atoms with Crippen molar-refractivity contribution in [2.24, 2.45) is 0 Å². The van der Waals surface area contributed by atoms with Crippen molar-refractivity contribution in [2.45, 2.75) is 18.8 Å². The van der Waals surface area contributed by atoms with Crippen LogP contribution in [0.1, 0.15) is 24.3 Å². The van der Waals surface area contributed by atoms with E-state index in [1.807, 2.05) is 23.6 Å². The molecule has 1 aromatic carbocycles. The lowest BCUT2D eigenvalue weighted by Gasteiger charge is -2.00. The number of halogens is 1. The number of rotatable bonds is 1. The van der Waals surface area contributed by atoms with Crippen LogP contribution in [-0.4, -0.2) is 0 Å². The van der Waals surface area contributed by atoms with E-state index in [4.69, 9.17) is 0 Å². The van der Waals surface area contributed by atoms with Gasteiger partial charge in [-0.15, -0.1) is 11.3 Å². The average molecular weight is 192 g/mol. The lowest BCUT2D eigenvalue weighted by molar-refractivity contribution is 0.625. The van der Waals surface area contributed by atoms with E-state index in [0.717, 1.165) is 28.5 Å². The minimum atomic E-state index is 0.0231. The van der Waals surface area contributed by atoms with Gasteiger partial charge in [0.25, 0.3) is 0 Å². The maximum atomic E-state index is 13.8. The van der Waals surface area contributed by atoms with Crippen LogP contribution in [0.15, 0.2) is 23.6 Å². The van der Waals surface area contributed by atoms with Crippen LogP contribution in [0, 0.1) is 5.82 Å². The van der Waals surface area contributed by atoms with Gasteiger partial charge in [0.15, 0.2) is 0 Å². The molecule has 0 bridgehead atoms. The summed E-state index contributed by atoms with van der Waals surface area (Å²) in [4.78, 5) is 0. The van der Waals surface area contributed by atoms with Gasteiger partial charge < -0.3 is 0 Å². The Morgan fingerprint density at radius 1 is 1.23 bits per heavy atom. The fourth-order valence-electron chi connectivity index (χ4n) is 1.72. The molecular formula is C11H9FS. The smallest absolute Gasteiger partial charge is 0.144 e. The van der Waals surface area contributed by atoms with Gasteiger partial charge in [-0.3, -0.25) is 0 Å². The predicted molar refractivity (Wildman–Crippen MR) is 53.8 cm³/mol. The largest absolute Gasteiger partial charge is 0.205 e. The van der Waals surface area contributed by atoms with E-state index in [0.29, 0.717) is 5.92 Å². The van der Waals surface area contributed by atoms with Gasteiger partial charge >= 0.3 is 0 Å². The monoisotopic (exact) mass is 192 g/mol. The van der Waals surface area contributed by atoms with Crippen molar-refractivity contribution in [1.82, 2.24) is 0 Å². The summed E-state index contributed by atoms with van der Waals surface area (Å²) in [5.74, 6) is 0.529. The lowest BCUT2D eigenvalue weighted by Crippen LogP contribution is -1.85. The normalized spacial score (nSPS) is 16.7. The van der Waals surface area contributed by atoms with Crippen molar-refractivity contribution in [1.29, 1.82) is 0 Å². The maximum Gasteiger partial charge on any atom is 0.144 e. The van der Waals surface area contributed by atoms with Crippen molar-refractivity contribution in [2.75, 3.05) is 0 Å². The summed E-state index contributed by atoms with van der Waals surface area (Å²) in [5, 5.41) is 2.98. The molecule has 0 radical (unpaired) electrons. The number of fused-ring (bicyclic) bond motifs is 1. The predicted octanol–water partition coefficient (Wildman–Crippen LogP) is 3.92. The van der Waals surface area contributed by atoms with Gasteiger partial charge in [0, 0.05) is 0 Å². The summed E-state index contributed by atoms with van der Waals surface area (Å²) in [6.45, 7) is 0. The van der Waals surface area contributed by atoms with Gasteiger partial charge in [0.1, 0.15) is 5.82 Å². The molecule has 0 saturated heterocycles. The summed E-state index contributed by atoms with van der Waals surface area (Å²) in [6.07, 6.45) is 2.32. The van der Waals surface area contributed by atoms with Crippen LogP contribution < -0.4 is 0 Å². The Kier molecular flexibility index (Phi) is 1.47. The number of thiophene rings is 1. The van der Waals surface area contributed by atoms with E-state index < -0.39 is 0 Å². The molecule has 1 aromatic heterocycles. The molecule has 0 atom stereocenters. The van der Waals surface area contributed by atoms with E-state index in [9.17, 15) is 4.39 Å². The molecule has 1 aliphatic carbocycles. The van der Waals surface area contributed by atoms with Crippen LogP contribution in [0.25, 0.3) is 10.1 Å². The second kappa shape index (κ2) is 2.55. The van der Waals surface area contributed by atoms with E-state index in [-0.39, 0.29) is 5.82 Å². The van der Waals surface area contributed by atoms with Crippen LogP contribution in [0.5, 0.6) is 0 Å². The summed E-state index contributed by atoms with van der Waals surface area (Å²) in [6, 6.07) is 5.95. The van der Waals surface area contributed by atoms with Gasteiger partial charge in [-0.2, -0.15) is 0 Å². The number of hydrogen-bond acceptors (Lipinski definition) is 1. The molecule has 0 aliphatic heterocycles. The molecule has 0 N–H and O–H groups in total. The molecule has 2 heteroatoms. The molecule has 1 saturated carbocycles. The highest BCUT2D eigenvalue weighted by molar-refractivity contribution is 7.17. The van der Waals surface area contributed by atoms with E-state index in [1.54, 1.807) is 0 Å². The molecule has 0 spiro atoms. The van der Waals surface area contributed by atoms with Crippen LogP contribution in [-0.2, 0) is 0 Å². The van der Waals surface area contributed by atoms with Crippen LogP contribution >= 0.6 is 11.3 Å². The Morgan fingerprint density at radius 2 is 2.08 bits per heavy atom.